The normalized spacial score (nSPS) is 23.9. The molecular weight excluding hydrogens is 226 g/mol. The van der Waals surface area contributed by atoms with Crippen molar-refractivity contribution in [2.45, 2.75) is 12.5 Å². The van der Waals surface area contributed by atoms with Gasteiger partial charge in [0.25, 0.3) is 0 Å². The number of aliphatic imine (C=N–C) groups is 1. The molecule has 1 heterocycles. The second-order valence-electron chi connectivity index (χ2n) is 3.89. The molecule has 0 unspecified atom stereocenters. The molecule has 1 aliphatic heterocycles. The number of phenolic OH excluding ortho intramolecular Hbond substituents is 1. The Morgan fingerprint density at radius 3 is 2.75 bits per heavy atom. The Morgan fingerprint density at radius 2 is 2.12 bits per heavy atom. The van der Waals surface area contributed by atoms with Crippen molar-refractivity contribution in [2.24, 2.45) is 4.99 Å². The standard InChI is InChI=1S/C11H13NO3S/c13-11-4-2-1-3-9(11)7-12-10-5-6-16(14,15)8-10/h1-4,7,10,13H,5-6,8H2/t10-/m1/s1. The Bertz CT molecular complexity index is 508. The molecule has 0 aromatic heterocycles. The lowest BCUT2D eigenvalue weighted by molar-refractivity contribution is 0.474. The SMILES string of the molecule is O=S1(=O)CC[C@@H](N=Cc2ccccc2O)C1. The zero-order valence-corrected chi connectivity index (χ0v) is 9.52. The summed E-state index contributed by atoms with van der Waals surface area (Å²) >= 11 is 0. The molecule has 0 aliphatic carbocycles. The second-order valence-corrected chi connectivity index (χ2v) is 6.12. The predicted molar refractivity (Wildman–Crippen MR) is 62.8 cm³/mol. The van der Waals surface area contributed by atoms with Crippen LogP contribution in [0.3, 0.4) is 0 Å². The number of hydrogen-bond acceptors (Lipinski definition) is 4. The molecule has 1 saturated heterocycles. The monoisotopic (exact) mass is 239 g/mol. The van der Waals surface area contributed by atoms with Crippen molar-refractivity contribution >= 4 is 16.1 Å². The minimum absolute atomic E-state index is 0.122. The molecule has 1 N–H and O–H groups in total. The van der Waals surface area contributed by atoms with Gasteiger partial charge in [0.1, 0.15) is 5.75 Å². The molecule has 1 fully saturated rings. The first-order chi connectivity index (χ1) is 7.57. The van der Waals surface area contributed by atoms with Crippen LogP contribution in [0, 0.1) is 0 Å². The number of hydrogen-bond donors (Lipinski definition) is 1. The summed E-state index contributed by atoms with van der Waals surface area (Å²) in [5.41, 5.74) is 0.617. The van der Waals surface area contributed by atoms with Crippen molar-refractivity contribution < 1.29 is 13.5 Å². The third-order valence-corrected chi connectivity index (χ3v) is 4.32. The molecule has 0 saturated carbocycles. The van der Waals surface area contributed by atoms with Crippen LogP contribution in [0.5, 0.6) is 5.75 Å². The maximum absolute atomic E-state index is 11.2. The summed E-state index contributed by atoms with van der Waals surface area (Å²) in [6.07, 6.45) is 2.12. The third kappa shape index (κ3) is 2.61. The Kier molecular flexibility index (Phi) is 2.96. The summed E-state index contributed by atoms with van der Waals surface area (Å²) in [6.45, 7) is 0. The summed E-state index contributed by atoms with van der Waals surface area (Å²) in [4.78, 5) is 4.19. The van der Waals surface area contributed by atoms with Crippen LogP contribution in [0.2, 0.25) is 0 Å². The van der Waals surface area contributed by atoms with Gasteiger partial charge in [0.05, 0.1) is 17.5 Å². The fourth-order valence-electron chi connectivity index (χ4n) is 1.68. The lowest BCUT2D eigenvalue weighted by Gasteiger charge is -2.00. The summed E-state index contributed by atoms with van der Waals surface area (Å²) in [6, 6.07) is 6.68. The Labute approximate surface area is 94.6 Å². The maximum atomic E-state index is 11.2. The summed E-state index contributed by atoms with van der Waals surface area (Å²) in [7, 11) is -2.89. The van der Waals surface area contributed by atoms with Gasteiger partial charge in [-0.25, -0.2) is 8.42 Å². The molecule has 2 rings (SSSR count). The van der Waals surface area contributed by atoms with Crippen molar-refractivity contribution in [2.75, 3.05) is 11.5 Å². The van der Waals surface area contributed by atoms with E-state index >= 15 is 0 Å². The average molecular weight is 239 g/mol. The van der Waals surface area contributed by atoms with Gasteiger partial charge >= 0.3 is 0 Å². The van der Waals surface area contributed by atoms with E-state index in [1.165, 1.54) is 0 Å². The van der Waals surface area contributed by atoms with Crippen LogP contribution in [0.4, 0.5) is 0 Å². The molecular formula is C11H13NO3S. The molecule has 5 heteroatoms. The van der Waals surface area contributed by atoms with Crippen molar-refractivity contribution in [1.29, 1.82) is 0 Å². The highest BCUT2D eigenvalue weighted by atomic mass is 32.2. The first-order valence-electron chi connectivity index (χ1n) is 5.08. The minimum Gasteiger partial charge on any atom is -0.507 e. The van der Waals surface area contributed by atoms with E-state index in [9.17, 15) is 13.5 Å². The minimum atomic E-state index is -2.89. The fraction of sp³-hybridized carbons (Fsp3) is 0.364. The summed E-state index contributed by atoms with van der Waals surface area (Å²) < 4.78 is 22.4. The van der Waals surface area contributed by atoms with Gasteiger partial charge < -0.3 is 5.11 Å². The van der Waals surface area contributed by atoms with Gasteiger partial charge in [-0.05, 0) is 18.6 Å². The van der Waals surface area contributed by atoms with Gasteiger partial charge in [-0.3, -0.25) is 4.99 Å². The van der Waals surface area contributed by atoms with E-state index in [-0.39, 0.29) is 23.3 Å². The van der Waals surface area contributed by atoms with Gasteiger partial charge in [0, 0.05) is 11.8 Å². The lowest BCUT2D eigenvalue weighted by atomic mass is 10.2. The quantitative estimate of drug-likeness (QED) is 0.783. The van der Waals surface area contributed by atoms with E-state index in [1.807, 2.05) is 0 Å². The van der Waals surface area contributed by atoms with Crippen LogP contribution >= 0.6 is 0 Å². The van der Waals surface area contributed by atoms with Gasteiger partial charge in [-0.1, -0.05) is 12.1 Å². The highest BCUT2D eigenvalue weighted by Crippen LogP contribution is 2.17. The fourth-order valence-corrected chi connectivity index (χ4v) is 3.31. The van der Waals surface area contributed by atoms with Gasteiger partial charge in [0.2, 0.25) is 0 Å². The number of nitrogens with zero attached hydrogens (tertiary/aromatic N) is 1. The van der Waals surface area contributed by atoms with E-state index in [0.29, 0.717) is 12.0 Å². The van der Waals surface area contributed by atoms with Crippen molar-refractivity contribution in [3.05, 3.63) is 29.8 Å². The Balaban J connectivity index is 2.09. The first-order valence-corrected chi connectivity index (χ1v) is 6.90. The van der Waals surface area contributed by atoms with Crippen molar-refractivity contribution in [3.8, 4) is 5.75 Å². The maximum Gasteiger partial charge on any atom is 0.152 e. The van der Waals surface area contributed by atoms with E-state index in [0.717, 1.165) is 0 Å². The zero-order chi connectivity index (χ0) is 11.6. The molecule has 0 spiro atoms. The van der Waals surface area contributed by atoms with Gasteiger partial charge in [-0.15, -0.1) is 0 Å². The van der Waals surface area contributed by atoms with Crippen molar-refractivity contribution in [1.82, 2.24) is 0 Å². The number of rotatable bonds is 2. The molecule has 86 valence electrons. The number of sulfone groups is 1. The van der Waals surface area contributed by atoms with Gasteiger partial charge in [0.15, 0.2) is 9.84 Å². The van der Waals surface area contributed by atoms with E-state index < -0.39 is 9.84 Å². The van der Waals surface area contributed by atoms with E-state index in [1.54, 1.807) is 30.5 Å². The number of benzene rings is 1. The summed E-state index contributed by atoms with van der Waals surface area (Å²) in [5.74, 6) is 0.500. The lowest BCUT2D eigenvalue weighted by Crippen LogP contribution is -2.07. The second kappa shape index (κ2) is 4.25. The van der Waals surface area contributed by atoms with E-state index in [4.69, 9.17) is 0 Å². The number of para-hydroxylation sites is 1. The molecule has 4 nitrogen and oxygen atoms in total. The molecule has 1 aromatic rings. The number of aromatic hydroxyl groups is 1. The largest absolute Gasteiger partial charge is 0.507 e. The molecule has 1 aromatic carbocycles. The third-order valence-electron chi connectivity index (χ3n) is 2.57. The molecule has 1 atom stereocenters. The molecule has 16 heavy (non-hydrogen) atoms. The van der Waals surface area contributed by atoms with Crippen LogP contribution in [0.25, 0.3) is 0 Å². The predicted octanol–water partition coefficient (Wildman–Crippen LogP) is 0.998. The number of phenols is 1. The highest BCUT2D eigenvalue weighted by molar-refractivity contribution is 7.91. The first kappa shape index (κ1) is 11.1. The Hall–Kier alpha value is -1.36. The van der Waals surface area contributed by atoms with Crippen LogP contribution in [-0.4, -0.2) is 37.3 Å². The molecule has 0 amide bonds. The highest BCUT2D eigenvalue weighted by Gasteiger charge is 2.26. The summed E-state index contributed by atoms with van der Waals surface area (Å²) in [5, 5.41) is 9.48. The van der Waals surface area contributed by atoms with Crippen LogP contribution < -0.4 is 0 Å². The topological polar surface area (TPSA) is 66.7 Å². The zero-order valence-electron chi connectivity index (χ0n) is 8.70. The molecule has 0 bridgehead atoms. The van der Waals surface area contributed by atoms with Crippen LogP contribution in [0.15, 0.2) is 29.3 Å². The van der Waals surface area contributed by atoms with Crippen molar-refractivity contribution in [3.63, 3.8) is 0 Å². The van der Waals surface area contributed by atoms with E-state index in [2.05, 4.69) is 4.99 Å². The smallest absolute Gasteiger partial charge is 0.152 e. The van der Waals surface area contributed by atoms with Crippen LogP contribution in [0.1, 0.15) is 12.0 Å². The van der Waals surface area contributed by atoms with Gasteiger partial charge in [-0.2, -0.15) is 0 Å². The molecule has 1 aliphatic rings. The van der Waals surface area contributed by atoms with Crippen LogP contribution in [-0.2, 0) is 9.84 Å². The Morgan fingerprint density at radius 1 is 1.38 bits per heavy atom. The molecule has 0 radical (unpaired) electrons. The average Bonchev–Trinajstić information content (AvgIpc) is 2.57.